The highest BCUT2D eigenvalue weighted by Crippen LogP contribution is 2.25. The normalized spacial score (nSPS) is 15.4. The summed E-state index contributed by atoms with van der Waals surface area (Å²) in [5.74, 6) is 0. The summed E-state index contributed by atoms with van der Waals surface area (Å²) in [6.45, 7) is 3.18. The largest absolute Gasteiger partial charge is 0.361 e. The number of hydrogen-bond acceptors (Lipinski definition) is 4. The Morgan fingerprint density at radius 3 is 2.61 bits per heavy atom. The predicted octanol–water partition coefficient (Wildman–Crippen LogP) is 3.97. The van der Waals surface area contributed by atoms with E-state index in [9.17, 15) is 8.42 Å². The monoisotopic (exact) mass is 455 g/mol. The van der Waals surface area contributed by atoms with Crippen LogP contribution < -0.4 is 10.7 Å². The molecule has 0 atom stereocenters. The summed E-state index contributed by atoms with van der Waals surface area (Å²) >= 11 is 5.27. The first-order valence-electron chi connectivity index (χ1n) is 10.2. The highest BCUT2D eigenvalue weighted by atomic mass is 32.2. The molecule has 2 aromatic carbocycles. The molecule has 2 heterocycles. The van der Waals surface area contributed by atoms with Crippen molar-refractivity contribution in [3.63, 3.8) is 0 Å². The summed E-state index contributed by atoms with van der Waals surface area (Å²) < 4.78 is 27.6. The van der Waals surface area contributed by atoms with E-state index < -0.39 is 10.0 Å². The first-order chi connectivity index (χ1) is 14.9. The Morgan fingerprint density at radius 2 is 1.87 bits per heavy atom. The molecule has 31 heavy (non-hydrogen) atoms. The average molecular weight is 456 g/mol. The van der Waals surface area contributed by atoms with E-state index in [1.165, 1.54) is 5.56 Å². The number of aromatic nitrogens is 1. The first-order valence-corrected chi connectivity index (χ1v) is 12.1. The quantitative estimate of drug-likeness (QED) is 0.308. The summed E-state index contributed by atoms with van der Waals surface area (Å²) in [4.78, 5) is 3.46. The highest BCUT2D eigenvalue weighted by Gasteiger charge is 2.26. The second-order valence-electron chi connectivity index (χ2n) is 7.61. The number of rotatable bonds is 5. The zero-order chi connectivity index (χ0) is 21.8. The smallest absolute Gasteiger partial charge is 0.243 e. The average Bonchev–Trinajstić information content (AvgIpc) is 3.18. The number of piperidine rings is 1. The molecule has 1 aliphatic rings. The summed E-state index contributed by atoms with van der Waals surface area (Å²) in [6, 6.07) is 13.0. The number of hydrogen-bond donors (Lipinski definition) is 3. The van der Waals surface area contributed by atoms with Crippen LogP contribution in [0.2, 0.25) is 0 Å². The van der Waals surface area contributed by atoms with Gasteiger partial charge in [0.05, 0.1) is 11.1 Å². The lowest BCUT2D eigenvalue weighted by molar-refractivity contribution is 0.346. The van der Waals surface area contributed by atoms with Gasteiger partial charge in [0, 0.05) is 41.4 Å². The molecular formula is C22H25N5O2S2. The van der Waals surface area contributed by atoms with Gasteiger partial charge in [-0.25, -0.2) is 8.42 Å². The molecule has 0 bridgehead atoms. The van der Waals surface area contributed by atoms with Crippen molar-refractivity contribution in [1.82, 2.24) is 14.7 Å². The van der Waals surface area contributed by atoms with Crippen molar-refractivity contribution in [2.45, 2.75) is 31.1 Å². The molecular weight excluding hydrogens is 430 g/mol. The van der Waals surface area contributed by atoms with Gasteiger partial charge in [-0.2, -0.15) is 9.41 Å². The number of sulfonamides is 1. The molecule has 0 spiro atoms. The number of thiocarbonyl (C=S) groups is 1. The molecule has 0 saturated carbocycles. The molecule has 0 radical (unpaired) electrons. The summed E-state index contributed by atoms with van der Waals surface area (Å²) in [5.41, 5.74) is 6.46. The maximum atomic E-state index is 13.0. The lowest BCUT2D eigenvalue weighted by Gasteiger charge is -2.25. The summed E-state index contributed by atoms with van der Waals surface area (Å²) in [7, 11) is -3.49. The van der Waals surface area contributed by atoms with E-state index in [1.807, 2.05) is 31.2 Å². The summed E-state index contributed by atoms with van der Waals surface area (Å²) in [6.07, 6.45) is 6.32. The van der Waals surface area contributed by atoms with E-state index in [4.69, 9.17) is 12.2 Å². The van der Waals surface area contributed by atoms with Gasteiger partial charge in [-0.3, -0.25) is 5.43 Å². The number of hydrazone groups is 1. The van der Waals surface area contributed by atoms with Crippen LogP contribution in [0.25, 0.3) is 10.9 Å². The molecule has 4 rings (SSSR count). The standard InChI is InChI=1S/C22H25N5O2S2/c1-16-5-7-18(8-6-16)25-22(30)26-24-15-17-14-23-21-10-9-19(13-20(17)21)31(28,29)27-11-3-2-4-12-27/h5-10,13-15,23H,2-4,11-12H2,1H3,(H2,25,26,30)/b24-15-. The second kappa shape index (κ2) is 9.17. The van der Waals surface area contributed by atoms with Crippen LogP contribution in [-0.2, 0) is 10.0 Å². The molecule has 1 fully saturated rings. The third kappa shape index (κ3) is 4.95. The topological polar surface area (TPSA) is 89.6 Å². The van der Waals surface area contributed by atoms with Crippen molar-refractivity contribution < 1.29 is 8.42 Å². The van der Waals surface area contributed by atoms with Gasteiger partial charge in [-0.15, -0.1) is 0 Å². The van der Waals surface area contributed by atoms with Crippen molar-refractivity contribution in [3.8, 4) is 0 Å². The van der Waals surface area contributed by atoms with Gasteiger partial charge >= 0.3 is 0 Å². The molecule has 0 aliphatic carbocycles. The first kappa shape index (κ1) is 21.5. The number of nitrogens with zero attached hydrogens (tertiary/aromatic N) is 2. The Hall–Kier alpha value is -2.75. The number of H-pyrrole nitrogens is 1. The Labute approximate surface area is 187 Å². The van der Waals surface area contributed by atoms with E-state index in [2.05, 4.69) is 20.8 Å². The number of nitrogens with one attached hydrogen (secondary N) is 3. The van der Waals surface area contributed by atoms with Crippen LogP contribution in [0.5, 0.6) is 0 Å². The van der Waals surface area contributed by atoms with Gasteiger partial charge in [0.2, 0.25) is 10.0 Å². The van der Waals surface area contributed by atoms with Crippen molar-refractivity contribution in [2.75, 3.05) is 18.4 Å². The lowest BCUT2D eigenvalue weighted by atomic mass is 10.2. The Morgan fingerprint density at radius 1 is 1.13 bits per heavy atom. The second-order valence-corrected chi connectivity index (χ2v) is 9.95. The SMILES string of the molecule is Cc1ccc(NC(=S)N/N=C\c2c[nH]c3ccc(S(=O)(=O)N4CCCCC4)cc23)cc1. The molecule has 0 amide bonds. The maximum absolute atomic E-state index is 13.0. The fourth-order valence-corrected chi connectivity index (χ4v) is 5.31. The van der Waals surface area contributed by atoms with Gasteiger partial charge in [-0.1, -0.05) is 24.1 Å². The van der Waals surface area contributed by atoms with Gasteiger partial charge in [0.1, 0.15) is 0 Å². The van der Waals surface area contributed by atoms with Gasteiger partial charge in [0.25, 0.3) is 0 Å². The van der Waals surface area contributed by atoms with Crippen LogP contribution in [-0.4, -0.2) is 42.1 Å². The van der Waals surface area contributed by atoms with Crippen molar-refractivity contribution in [2.24, 2.45) is 5.10 Å². The molecule has 3 N–H and O–H groups in total. The van der Waals surface area contributed by atoms with Crippen LogP contribution in [0.4, 0.5) is 5.69 Å². The van der Waals surface area contributed by atoms with Crippen LogP contribution >= 0.6 is 12.2 Å². The van der Waals surface area contributed by atoms with Crippen molar-refractivity contribution in [1.29, 1.82) is 0 Å². The zero-order valence-corrected chi connectivity index (χ0v) is 18.9. The van der Waals surface area contributed by atoms with Gasteiger partial charge < -0.3 is 10.3 Å². The third-order valence-electron chi connectivity index (χ3n) is 5.32. The number of aryl methyl sites for hydroxylation is 1. The molecule has 162 valence electrons. The van der Waals surface area contributed by atoms with Crippen LogP contribution in [0.1, 0.15) is 30.4 Å². The fraction of sp³-hybridized carbons (Fsp3) is 0.273. The minimum Gasteiger partial charge on any atom is -0.361 e. The molecule has 1 aliphatic heterocycles. The predicted molar refractivity (Wildman–Crippen MR) is 129 cm³/mol. The number of fused-ring (bicyclic) bond motifs is 1. The van der Waals surface area contributed by atoms with Gasteiger partial charge in [-0.05, 0) is 62.3 Å². The summed E-state index contributed by atoms with van der Waals surface area (Å²) in [5, 5.41) is 8.43. The number of aromatic amines is 1. The van der Waals surface area contributed by atoms with E-state index in [1.54, 1.807) is 34.9 Å². The Balaban J connectivity index is 1.48. The third-order valence-corrected chi connectivity index (χ3v) is 7.41. The van der Waals surface area contributed by atoms with E-state index in [0.29, 0.717) is 23.1 Å². The molecule has 1 saturated heterocycles. The Bertz CT molecular complexity index is 1210. The lowest BCUT2D eigenvalue weighted by Crippen LogP contribution is -2.35. The minimum absolute atomic E-state index is 0.306. The van der Waals surface area contributed by atoms with E-state index >= 15 is 0 Å². The van der Waals surface area contributed by atoms with Crippen LogP contribution in [0, 0.1) is 6.92 Å². The maximum Gasteiger partial charge on any atom is 0.243 e. The Kier molecular flexibility index (Phi) is 6.35. The highest BCUT2D eigenvalue weighted by molar-refractivity contribution is 7.89. The van der Waals surface area contributed by atoms with E-state index in [-0.39, 0.29) is 0 Å². The molecule has 1 aromatic heterocycles. The fourth-order valence-electron chi connectivity index (χ4n) is 3.60. The van der Waals surface area contributed by atoms with Crippen LogP contribution in [0.15, 0.2) is 58.7 Å². The molecule has 9 heteroatoms. The molecule has 7 nitrogen and oxygen atoms in total. The van der Waals surface area contributed by atoms with Crippen molar-refractivity contribution in [3.05, 3.63) is 59.8 Å². The molecule has 0 unspecified atom stereocenters. The number of anilines is 1. The minimum atomic E-state index is -3.49. The molecule has 3 aromatic rings. The van der Waals surface area contributed by atoms with Crippen molar-refractivity contribution >= 4 is 50.2 Å². The zero-order valence-electron chi connectivity index (χ0n) is 17.3. The van der Waals surface area contributed by atoms with Gasteiger partial charge in [0.15, 0.2) is 5.11 Å². The van der Waals surface area contributed by atoms with Crippen LogP contribution in [0.3, 0.4) is 0 Å². The number of benzene rings is 2. The van der Waals surface area contributed by atoms with E-state index in [0.717, 1.165) is 41.4 Å².